The number of nitrogens with zero attached hydrogens (tertiary/aromatic N) is 7. The molecule has 2 aromatic heterocycles. The number of rotatable bonds is 3. The highest BCUT2D eigenvalue weighted by Gasteiger charge is 2.71. The Morgan fingerprint density at radius 3 is 1.27 bits per heavy atom. The molecule has 0 bridgehead atoms. The summed E-state index contributed by atoms with van der Waals surface area (Å²) < 4.78 is 29.9. The standard InChI is InChI=1S/C27H19N7O2S/c35-37(36)26-25(30-18-19-31-26)34(22-14-8-3-9-15-22)27(37)32(20-10-4-1-5-11-20)23-24(29-17-16-28-23)33(27)21-12-6-2-7-13-21/h1-19H. The highest BCUT2D eigenvalue weighted by atomic mass is 32.2. The van der Waals surface area contributed by atoms with Gasteiger partial charge in [-0.05, 0) is 36.4 Å². The van der Waals surface area contributed by atoms with Gasteiger partial charge in [0.25, 0.3) is 9.84 Å². The summed E-state index contributed by atoms with van der Waals surface area (Å²) in [6.07, 6.45) is 6.03. The molecule has 0 fully saturated rings. The first kappa shape index (κ1) is 21.5. The molecule has 0 radical (unpaired) electrons. The van der Waals surface area contributed by atoms with Gasteiger partial charge in [0.1, 0.15) is 0 Å². The van der Waals surface area contributed by atoms with E-state index in [1.54, 1.807) is 27.1 Å². The molecule has 0 atom stereocenters. The topological polar surface area (TPSA) is 95.4 Å². The van der Waals surface area contributed by atoms with Crippen molar-refractivity contribution in [3.05, 3.63) is 116 Å². The Labute approximate surface area is 213 Å². The number of benzene rings is 3. The zero-order chi connectivity index (χ0) is 25.0. The van der Waals surface area contributed by atoms with Crippen LogP contribution in [-0.4, -0.2) is 33.5 Å². The van der Waals surface area contributed by atoms with Crippen molar-refractivity contribution in [2.45, 2.75) is 10.1 Å². The van der Waals surface area contributed by atoms with Crippen LogP contribution < -0.4 is 14.7 Å². The Morgan fingerprint density at radius 1 is 0.486 bits per heavy atom. The molecular weight excluding hydrogens is 486 g/mol. The molecule has 10 heteroatoms. The van der Waals surface area contributed by atoms with Gasteiger partial charge in [-0.15, -0.1) is 0 Å². The summed E-state index contributed by atoms with van der Waals surface area (Å²) in [5, 5.41) is -2.03. The van der Waals surface area contributed by atoms with Gasteiger partial charge in [-0.3, -0.25) is 14.7 Å². The van der Waals surface area contributed by atoms with Crippen LogP contribution in [0.2, 0.25) is 0 Å². The van der Waals surface area contributed by atoms with E-state index in [1.807, 2.05) is 91.0 Å². The number of hydrogen-bond donors (Lipinski definition) is 0. The SMILES string of the molecule is O=S1(=O)c2nccnc2N(c2ccccc2)C12N(c1ccccc1)c1nccnc1N2c1ccccc1. The van der Waals surface area contributed by atoms with Gasteiger partial charge in [0.15, 0.2) is 17.5 Å². The number of hydrogen-bond acceptors (Lipinski definition) is 9. The Bertz CT molecular complexity index is 1590. The second-order valence-corrected chi connectivity index (χ2v) is 10.4. The molecule has 9 nitrogen and oxygen atoms in total. The van der Waals surface area contributed by atoms with Gasteiger partial charge < -0.3 is 0 Å². The zero-order valence-corrected chi connectivity index (χ0v) is 20.1. The molecule has 0 N–H and O–H groups in total. The average molecular weight is 506 g/mol. The van der Waals surface area contributed by atoms with E-state index in [9.17, 15) is 8.42 Å². The fourth-order valence-corrected chi connectivity index (χ4v) is 7.25. The minimum atomic E-state index is -4.28. The van der Waals surface area contributed by atoms with Crippen LogP contribution in [0.3, 0.4) is 0 Å². The van der Waals surface area contributed by atoms with Crippen molar-refractivity contribution in [1.29, 1.82) is 0 Å². The maximum atomic E-state index is 14.9. The fraction of sp³-hybridized carbons (Fsp3) is 0.0370. The van der Waals surface area contributed by atoms with Crippen molar-refractivity contribution >= 4 is 44.4 Å². The minimum Gasteiger partial charge on any atom is -0.268 e. The molecule has 0 aliphatic carbocycles. The van der Waals surface area contributed by atoms with E-state index in [2.05, 4.69) is 19.9 Å². The van der Waals surface area contributed by atoms with Gasteiger partial charge in [0.2, 0.25) is 5.03 Å². The van der Waals surface area contributed by atoms with E-state index >= 15 is 0 Å². The number of sulfone groups is 1. The second kappa shape index (κ2) is 7.84. The predicted octanol–water partition coefficient (Wildman–Crippen LogP) is 4.79. The Balaban J connectivity index is 1.68. The molecule has 5 aromatic rings. The van der Waals surface area contributed by atoms with Crippen LogP contribution in [0.1, 0.15) is 0 Å². The minimum absolute atomic E-state index is 0.117. The summed E-state index contributed by atoms with van der Waals surface area (Å²) in [7, 11) is -4.28. The van der Waals surface area contributed by atoms with Crippen molar-refractivity contribution in [3.63, 3.8) is 0 Å². The third kappa shape index (κ3) is 2.75. The molecule has 0 unspecified atom stereocenters. The molecule has 7 rings (SSSR count). The quantitative estimate of drug-likeness (QED) is 0.343. The Morgan fingerprint density at radius 2 is 0.838 bits per heavy atom. The molecule has 3 aromatic carbocycles. The lowest BCUT2D eigenvalue weighted by atomic mass is 10.2. The molecule has 180 valence electrons. The van der Waals surface area contributed by atoms with Gasteiger partial charge in [-0.2, -0.15) is 0 Å². The van der Waals surface area contributed by atoms with Crippen LogP contribution in [0.5, 0.6) is 0 Å². The van der Waals surface area contributed by atoms with E-state index in [4.69, 9.17) is 0 Å². The van der Waals surface area contributed by atoms with Crippen LogP contribution in [-0.2, 0) is 9.84 Å². The van der Waals surface area contributed by atoms with Crippen molar-refractivity contribution in [3.8, 4) is 0 Å². The largest absolute Gasteiger partial charge is 0.321 e. The summed E-state index contributed by atoms with van der Waals surface area (Å²) in [5.41, 5.74) is 1.87. The van der Waals surface area contributed by atoms with Crippen molar-refractivity contribution in [2.75, 3.05) is 14.7 Å². The first-order chi connectivity index (χ1) is 18.2. The van der Waals surface area contributed by atoms with Gasteiger partial charge in [-0.1, -0.05) is 54.6 Å². The van der Waals surface area contributed by atoms with Gasteiger partial charge >= 0.3 is 5.12 Å². The number of para-hydroxylation sites is 3. The highest BCUT2D eigenvalue weighted by molar-refractivity contribution is 7.93. The zero-order valence-electron chi connectivity index (χ0n) is 19.3. The monoisotopic (exact) mass is 505 g/mol. The first-order valence-corrected chi connectivity index (χ1v) is 13.1. The van der Waals surface area contributed by atoms with E-state index in [0.29, 0.717) is 28.7 Å². The number of anilines is 6. The van der Waals surface area contributed by atoms with Crippen LogP contribution in [0, 0.1) is 0 Å². The molecular formula is C27H19N7O2S. The Kier molecular flexibility index (Phi) is 4.54. The lowest BCUT2D eigenvalue weighted by molar-refractivity contribution is 0.535. The molecule has 0 saturated heterocycles. The normalized spacial score (nSPS) is 16.6. The maximum absolute atomic E-state index is 14.9. The second-order valence-electron chi connectivity index (χ2n) is 8.48. The molecule has 0 amide bonds. The van der Waals surface area contributed by atoms with Crippen molar-refractivity contribution in [2.24, 2.45) is 0 Å². The third-order valence-corrected chi connectivity index (χ3v) is 8.54. The van der Waals surface area contributed by atoms with Gasteiger partial charge in [0.05, 0.1) is 0 Å². The smallest absolute Gasteiger partial charge is 0.268 e. The molecule has 2 aliphatic rings. The summed E-state index contributed by atoms with van der Waals surface area (Å²) in [5.74, 6) is 1.02. The van der Waals surface area contributed by atoms with Crippen molar-refractivity contribution < 1.29 is 8.42 Å². The van der Waals surface area contributed by atoms with Crippen LogP contribution in [0.15, 0.2) is 121 Å². The van der Waals surface area contributed by atoms with E-state index in [1.165, 1.54) is 12.4 Å². The Hall–Kier alpha value is -4.83. The lowest BCUT2D eigenvalue weighted by Gasteiger charge is -2.46. The molecule has 4 heterocycles. The van der Waals surface area contributed by atoms with E-state index < -0.39 is 15.0 Å². The van der Waals surface area contributed by atoms with Crippen LogP contribution in [0.4, 0.5) is 34.5 Å². The highest BCUT2D eigenvalue weighted by Crippen LogP contribution is 2.61. The summed E-state index contributed by atoms with van der Waals surface area (Å²) in [6.45, 7) is 0. The lowest BCUT2D eigenvalue weighted by Crippen LogP contribution is -2.66. The van der Waals surface area contributed by atoms with Crippen LogP contribution in [0.25, 0.3) is 0 Å². The summed E-state index contributed by atoms with van der Waals surface area (Å²) >= 11 is 0. The van der Waals surface area contributed by atoms with Gasteiger partial charge in [-0.25, -0.2) is 28.4 Å². The average Bonchev–Trinajstić information content (AvgIpc) is 3.37. The fourth-order valence-electron chi connectivity index (χ4n) is 5.11. The van der Waals surface area contributed by atoms with Crippen LogP contribution >= 0.6 is 0 Å². The predicted molar refractivity (Wildman–Crippen MR) is 140 cm³/mol. The molecule has 1 spiro atoms. The van der Waals surface area contributed by atoms with E-state index in [0.717, 1.165) is 0 Å². The maximum Gasteiger partial charge on any atom is 0.321 e. The molecule has 37 heavy (non-hydrogen) atoms. The number of aromatic nitrogens is 4. The molecule has 2 aliphatic heterocycles. The molecule has 0 saturated carbocycles. The summed E-state index contributed by atoms with van der Waals surface area (Å²) in [4.78, 5) is 23.3. The third-order valence-electron chi connectivity index (χ3n) is 6.47. The summed E-state index contributed by atoms with van der Waals surface area (Å²) in [6, 6.07) is 28.0. The first-order valence-electron chi connectivity index (χ1n) is 11.6. The van der Waals surface area contributed by atoms with Gasteiger partial charge in [0, 0.05) is 41.8 Å². The van der Waals surface area contributed by atoms with E-state index in [-0.39, 0.29) is 10.8 Å². The number of fused-ring (bicyclic) bond motifs is 2. The van der Waals surface area contributed by atoms with Crippen molar-refractivity contribution in [1.82, 2.24) is 19.9 Å².